The lowest BCUT2D eigenvalue weighted by Crippen LogP contribution is -2.50. The molecule has 2 aliphatic heterocycles. The van der Waals surface area contributed by atoms with Crippen LogP contribution < -0.4 is 16.0 Å². The molecule has 0 bridgehead atoms. The van der Waals surface area contributed by atoms with Gasteiger partial charge in [-0.15, -0.1) is 0 Å². The van der Waals surface area contributed by atoms with Gasteiger partial charge in [-0.25, -0.2) is 4.79 Å². The molecule has 7 heteroatoms. The molecule has 0 aromatic carbocycles. The van der Waals surface area contributed by atoms with Crippen molar-refractivity contribution in [2.75, 3.05) is 31.1 Å². The van der Waals surface area contributed by atoms with E-state index in [4.69, 9.17) is 5.73 Å². The van der Waals surface area contributed by atoms with E-state index in [0.717, 1.165) is 38.0 Å². The Hall–Kier alpha value is -2.31. The summed E-state index contributed by atoms with van der Waals surface area (Å²) in [5.74, 6) is -0.0629. The Balaban J connectivity index is 1.73. The van der Waals surface area contributed by atoms with Gasteiger partial charge in [0.2, 0.25) is 0 Å². The molecule has 7 nitrogen and oxygen atoms in total. The SMILES string of the molecule is NC(=O)NCC1CCCCN1C(=O)c1cc(N2CCCC2)ccn1. The fourth-order valence-corrected chi connectivity index (χ4v) is 3.55. The van der Waals surface area contributed by atoms with Gasteiger partial charge in [-0.05, 0) is 44.2 Å². The Morgan fingerprint density at radius 1 is 1.21 bits per heavy atom. The smallest absolute Gasteiger partial charge is 0.312 e. The minimum Gasteiger partial charge on any atom is -0.371 e. The van der Waals surface area contributed by atoms with Gasteiger partial charge in [0.25, 0.3) is 5.91 Å². The van der Waals surface area contributed by atoms with Gasteiger partial charge in [0, 0.05) is 44.1 Å². The Labute approximate surface area is 142 Å². The Morgan fingerprint density at radius 2 is 1.96 bits per heavy atom. The number of piperidine rings is 1. The maximum absolute atomic E-state index is 12.9. The van der Waals surface area contributed by atoms with Gasteiger partial charge in [-0.1, -0.05) is 0 Å². The highest BCUT2D eigenvalue weighted by Crippen LogP contribution is 2.23. The molecule has 2 saturated heterocycles. The van der Waals surface area contributed by atoms with Crippen molar-refractivity contribution in [3.8, 4) is 0 Å². The molecule has 130 valence electrons. The van der Waals surface area contributed by atoms with Crippen LogP contribution in [0.25, 0.3) is 0 Å². The standard InChI is InChI=1S/C17H25N5O2/c18-17(24)20-12-14-5-1-2-10-22(14)16(23)15-11-13(6-7-19-15)21-8-3-4-9-21/h6-7,11,14H,1-5,8-10,12H2,(H3,18,20,24). The van der Waals surface area contributed by atoms with Crippen LogP contribution in [-0.4, -0.2) is 54.0 Å². The molecule has 0 saturated carbocycles. The van der Waals surface area contributed by atoms with Crippen molar-refractivity contribution >= 4 is 17.6 Å². The number of nitrogens with zero attached hydrogens (tertiary/aromatic N) is 3. The van der Waals surface area contributed by atoms with Crippen molar-refractivity contribution < 1.29 is 9.59 Å². The number of rotatable bonds is 4. The maximum atomic E-state index is 12.9. The fraction of sp³-hybridized carbons (Fsp3) is 0.588. The molecule has 1 aromatic heterocycles. The summed E-state index contributed by atoms with van der Waals surface area (Å²) >= 11 is 0. The number of amides is 3. The predicted octanol–water partition coefficient (Wildman–Crippen LogP) is 1.34. The number of carbonyl (C=O) groups excluding carboxylic acids is 2. The van der Waals surface area contributed by atoms with Crippen LogP contribution in [0.5, 0.6) is 0 Å². The third-order valence-electron chi connectivity index (χ3n) is 4.83. The van der Waals surface area contributed by atoms with Gasteiger partial charge in [-0.3, -0.25) is 9.78 Å². The number of nitrogens with one attached hydrogen (secondary N) is 1. The summed E-state index contributed by atoms with van der Waals surface area (Å²) in [6, 6.07) is 3.28. The average molecular weight is 331 g/mol. The highest BCUT2D eigenvalue weighted by molar-refractivity contribution is 5.93. The molecule has 0 aliphatic carbocycles. The molecule has 3 amide bonds. The van der Waals surface area contributed by atoms with Crippen LogP contribution in [0.15, 0.2) is 18.3 Å². The van der Waals surface area contributed by atoms with Crippen molar-refractivity contribution in [2.45, 2.75) is 38.1 Å². The first-order chi connectivity index (χ1) is 11.6. The van der Waals surface area contributed by atoms with Gasteiger partial charge in [0.15, 0.2) is 0 Å². The van der Waals surface area contributed by atoms with Crippen molar-refractivity contribution in [1.82, 2.24) is 15.2 Å². The van der Waals surface area contributed by atoms with E-state index >= 15 is 0 Å². The van der Waals surface area contributed by atoms with E-state index < -0.39 is 6.03 Å². The summed E-state index contributed by atoms with van der Waals surface area (Å²) < 4.78 is 0. The quantitative estimate of drug-likeness (QED) is 0.871. The molecule has 1 aromatic rings. The van der Waals surface area contributed by atoms with Crippen LogP contribution in [0.3, 0.4) is 0 Å². The van der Waals surface area contributed by atoms with Crippen LogP contribution in [0.1, 0.15) is 42.6 Å². The maximum Gasteiger partial charge on any atom is 0.312 e. The number of aromatic nitrogens is 1. The molecule has 1 atom stereocenters. The first kappa shape index (κ1) is 16.5. The number of carbonyl (C=O) groups is 2. The highest BCUT2D eigenvalue weighted by atomic mass is 16.2. The number of nitrogens with two attached hydrogens (primary N) is 1. The van der Waals surface area contributed by atoms with Gasteiger partial charge >= 0.3 is 6.03 Å². The number of urea groups is 1. The van der Waals surface area contributed by atoms with E-state index in [-0.39, 0.29) is 11.9 Å². The normalized spacial score (nSPS) is 20.9. The third kappa shape index (κ3) is 3.77. The van der Waals surface area contributed by atoms with Crippen LogP contribution in [-0.2, 0) is 0 Å². The molecule has 1 unspecified atom stereocenters. The largest absolute Gasteiger partial charge is 0.371 e. The molecule has 3 heterocycles. The fourth-order valence-electron chi connectivity index (χ4n) is 3.55. The van der Waals surface area contributed by atoms with Crippen molar-refractivity contribution in [1.29, 1.82) is 0 Å². The lowest BCUT2D eigenvalue weighted by Gasteiger charge is -2.35. The zero-order valence-corrected chi connectivity index (χ0v) is 13.9. The number of likely N-dealkylation sites (tertiary alicyclic amines) is 1. The number of anilines is 1. The van der Waals surface area contributed by atoms with Crippen LogP contribution >= 0.6 is 0 Å². The highest BCUT2D eigenvalue weighted by Gasteiger charge is 2.28. The number of pyridine rings is 1. The number of hydrogen-bond donors (Lipinski definition) is 2. The second-order valence-corrected chi connectivity index (χ2v) is 6.49. The second kappa shape index (κ2) is 7.51. The molecule has 24 heavy (non-hydrogen) atoms. The first-order valence-electron chi connectivity index (χ1n) is 8.70. The molecule has 3 rings (SSSR count). The summed E-state index contributed by atoms with van der Waals surface area (Å²) in [5.41, 5.74) is 6.70. The zero-order chi connectivity index (χ0) is 16.9. The summed E-state index contributed by atoms with van der Waals surface area (Å²) in [5, 5.41) is 2.62. The van der Waals surface area contributed by atoms with Crippen LogP contribution in [0, 0.1) is 0 Å². The van der Waals surface area contributed by atoms with Crippen molar-refractivity contribution in [3.05, 3.63) is 24.0 Å². The van der Waals surface area contributed by atoms with E-state index in [2.05, 4.69) is 15.2 Å². The number of hydrogen-bond acceptors (Lipinski definition) is 4. The van der Waals surface area contributed by atoms with Crippen molar-refractivity contribution in [2.24, 2.45) is 5.73 Å². The van der Waals surface area contributed by atoms with E-state index in [1.807, 2.05) is 17.0 Å². The molecule has 3 N–H and O–H groups in total. The van der Waals surface area contributed by atoms with Gasteiger partial charge in [0.1, 0.15) is 5.69 Å². The summed E-state index contributed by atoms with van der Waals surface area (Å²) in [4.78, 5) is 32.3. The van der Waals surface area contributed by atoms with Crippen LogP contribution in [0.4, 0.5) is 10.5 Å². The van der Waals surface area contributed by atoms with E-state index in [9.17, 15) is 9.59 Å². The van der Waals surface area contributed by atoms with Gasteiger partial charge in [0.05, 0.1) is 0 Å². The van der Waals surface area contributed by atoms with Crippen LogP contribution in [0.2, 0.25) is 0 Å². The molecular formula is C17H25N5O2. The lowest BCUT2D eigenvalue weighted by atomic mass is 10.0. The molecule has 0 radical (unpaired) electrons. The minimum atomic E-state index is -0.554. The summed E-state index contributed by atoms with van der Waals surface area (Å²) in [7, 11) is 0. The predicted molar refractivity (Wildman–Crippen MR) is 91.9 cm³/mol. The summed E-state index contributed by atoms with van der Waals surface area (Å²) in [6.07, 6.45) is 7.00. The Morgan fingerprint density at radius 3 is 2.71 bits per heavy atom. The van der Waals surface area contributed by atoms with E-state index in [0.29, 0.717) is 18.8 Å². The van der Waals surface area contributed by atoms with E-state index in [1.54, 1.807) is 6.20 Å². The second-order valence-electron chi connectivity index (χ2n) is 6.49. The topological polar surface area (TPSA) is 91.6 Å². The molecular weight excluding hydrogens is 306 g/mol. The monoisotopic (exact) mass is 331 g/mol. The molecule has 2 fully saturated rings. The molecule has 0 spiro atoms. The zero-order valence-electron chi connectivity index (χ0n) is 13.9. The Kier molecular flexibility index (Phi) is 5.17. The lowest BCUT2D eigenvalue weighted by molar-refractivity contribution is 0.0609. The van der Waals surface area contributed by atoms with E-state index in [1.165, 1.54) is 12.8 Å². The van der Waals surface area contributed by atoms with Gasteiger partial charge < -0.3 is 20.9 Å². The first-order valence-corrected chi connectivity index (χ1v) is 8.70. The van der Waals surface area contributed by atoms with Crippen molar-refractivity contribution in [3.63, 3.8) is 0 Å². The summed E-state index contributed by atoms with van der Waals surface area (Å²) in [6.45, 7) is 3.16. The minimum absolute atomic E-state index is 0.0176. The Bertz CT molecular complexity index is 600. The average Bonchev–Trinajstić information content (AvgIpc) is 3.14. The van der Waals surface area contributed by atoms with Gasteiger partial charge in [-0.2, -0.15) is 0 Å². The number of primary amides is 1. The third-order valence-corrected chi connectivity index (χ3v) is 4.83. The molecule has 2 aliphatic rings.